The van der Waals surface area contributed by atoms with Gasteiger partial charge in [0.1, 0.15) is 11.9 Å². The summed E-state index contributed by atoms with van der Waals surface area (Å²) in [6.07, 6.45) is 5.93. The number of hydrogen-bond donors (Lipinski definition) is 3. The SMILES string of the molecule is CCC(=O)N[C@H](Cc1ccc(NC(=O)S[C@@H](NC(=O)C(F)(F)c2ccc(OC)nc2)C2CCCCCC2)c(F)c1)C(=O)N1CCN(C)CC1. The fourth-order valence-electron chi connectivity index (χ4n) is 5.92. The number of likely N-dealkylation sites (N-methyl/N-ethyl adjacent to an activating group) is 1. The van der Waals surface area contributed by atoms with Crippen molar-refractivity contribution in [2.75, 3.05) is 45.7 Å². The zero-order valence-electron chi connectivity index (χ0n) is 28.1. The molecule has 268 valence electrons. The second kappa shape index (κ2) is 17.7. The van der Waals surface area contributed by atoms with Crippen molar-refractivity contribution in [2.24, 2.45) is 5.92 Å². The molecule has 2 atom stereocenters. The van der Waals surface area contributed by atoms with Gasteiger partial charge in [0.25, 0.3) is 11.1 Å². The highest BCUT2D eigenvalue weighted by Crippen LogP contribution is 2.34. The average molecular weight is 707 g/mol. The van der Waals surface area contributed by atoms with Gasteiger partial charge in [-0.05, 0) is 61.3 Å². The van der Waals surface area contributed by atoms with E-state index in [4.69, 9.17) is 4.74 Å². The fraction of sp³-hybridized carbons (Fsp3) is 0.559. The van der Waals surface area contributed by atoms with E-state index in [0.29, 0.717) is 56.3 Å². The van der Waals surface area contributed by atoms with Crippen LogP contribution in [0.3, 0.4) is 0 Å². The van der Waals surface area contributed by atoms with E-state index < -0.39 is 39.9 Å². The van der Waals surface area contributed by atoms with Crippen LogP contribution in [0.4, 0.5) is 23.7 Å². The number of nitrogens with zero attached hydrogens (tertiary/aromatic N) is 3. The maximum absolute atomic E-state index is 15.3. The molecule has 1 aromatic heterocycles. The van der Waals surface area contributed by atoms with Crippen molar-refractivity contribution in [2.45, 2.75) is 75.6 Å². The second-order valence-electron chi connectivity index (χ2n) is 12.5. The number of thioether (sulfide) groups is 1. The van der Waals surface area contributed by atoms with Gasteiger partial charge in [-0.15, -0.1) is 0 Å². The molecule has 1 aliphatic heterocycles. The number of benzene rings is 1. The number of aromatic nitrogens is 1. The summed E-state index contributed by atoms with van der Waals surface area (Å²) in [5.74, 6) is -6.96. The number of rotatable bonds is 12. The molecule has 0 bridgehead atoms. The van der Waals surface area contributed by atoms with Gasteiger partial charge >= 0.3 is 5.92 Å². The van der Waals surface area contributed by atoms with Gasteiger partial charge in [0, 0.05) is 56.8 Å². The van der Waals surface area contributed by atoms with Crippen molar-refractivity contribution in [3.8, 4) is 5.88 Å². The van der Waals surface area contributed by atoms with Crippen molar-refractivity contribution in [3.63, 3.8) is 0 Å². The number of ether oxygens (including phenoxy) is 1. The van der Waals surface area contributed by atoms with Gasteiger partial charge in [0.05, 0.1) is 18.2 Å². The number of amides is 4. The molecule has 4 rings (SSSR count). The zero-order chi connectivity index (χ0) is 35.6. The highest BCUT2D eigenvalue weighted by molar-refractivity contribution is 8.14. The third-order valence-corrected chi connectivity index (χ3v) is 9.98. The van der Waals surface area contributed by atoms with E-state index in [9.17, 15) is 19.2 Å². The van der Waals surface area contributed by atoms with Crippen LogP contribution >= 0.6 is 11.8 Å². The summed E-state index contributed by atoms with van der Waals surface area (Å²) < 4.78 is 50.7. The van der Waals surface area contributed by atoms with Gasteiger partial charge in [-0.25, -0.2) is 9.37 Å². The molecule has 0 spiro atoms. The summed E-state index contributed by atoms with van der Waals surface area (Å²) in [5, 5.41) is 5.91. The lowest BCUT2D eigenvalue weighted by molar-refractivity contribution is -0.147. The Labute approximate surface area is 289 Å². The van der Waals surface area contributed by atoms with Crippen LogP contribution in [0.1, 0.15) is 63.0 Å². The Morgan fingerprint density at radius 1 is 1.02 bits per heavy atom. The number of carbonyl (C=O) groups is 4. The second-order valence-corrected chi connectivity index (χ2v) is 13.6. The maximum atomic E-state index is 15.3. The molecule has 2 heterocycles. The Kier molecular flexibility index (Phi) is 13.7. The van der Waals surface area contributed by atoms with Crippen molar-refractivity contribution in [1.82, 2.24) is 25.4 Å². The quantitative estimate of drug-likeness (QED) is 0.210. The zero-order valence-corrected chi connectivity index (χ0v) is 28.9. The molecule has 49 heavy (non-hydrogen) atoms. The lowest BCUT2D eigenvalue weighted by atomic mass is 9.99. The van der Waals surface area contributed by atoms with Crippen LogP contribution in [0, 0.1) is 11.7 Å². The highest BCUT2D eigenvalue weighted by Gasteiger charge is 2.43. The summed E-state index contributed by atoms with van der Waals surface area (Å²) in [4.78, 5) is 59.3. The Morgan fingerprint density at radius 3 is 2.31 bits per heavy atom. The highest BCUT2D eigenvalue weighted by atomic mass is 32.2. The fourth-order valence-corrected chi connectivity index (χ4v) is 6.95. The van der Waals surface area contributed by atoms with Crippen molar-refractivity contribution < 1.29 is 37.1 Å². The minimum atomic E-state index is -3.93. The van der Waals surface area contributed by atoms with Gasteiger partial charge in [0.15, 0.2) is 0 Å². The molecule has 2 fully saturated rings. The van der Waals surface area contributed by atoms with Crippen LogP contribution in [-0.2, 0) is 26.7 Å². The van der Waals surface area contributed by atoms with E-state index in [-0.39, 0.29) is 42.1 Å². The van der Waals surface area contributed by atoms with Crippen LogP contribution in [0.25, 0.3) is 0 Å². The molecule has 1 saturated heterocycles. The summed E-state index contributed by atoms with van der Waals surface area (Å²) in [7, 11) is 3.31. The molecular weight excluding hydrogens is 661 g/mol. The minimum absolute atomic E-state index is 0.0462. The number of methoxy groups -OCH3 is 1. The molecule has 1 saturated carbocycles. The van der Waals surface area contributed by atoms with Gasteiger partial charge in [-0.3, -0.25) is 19.2 Å². The predicted molar refractivity (Wildman–Crippen MR) is 181 cm³/mol. The monoisotopic (exact) mass is 706 g/mol. The van der Waals surface area contributed by atoms with E-state index >= 15 is 13.2 Å². The van der Waals surface area contributed by atoms with Gasteiger partial charge < -0.3 is 30.5 Å². The number of pyridine rings is 1. The van der Waals surface area contributed by atoms with E-state index in [2.05, 4.69) is 25.8 Å². The van der Waals surface area contributed by atoms with E-state index in [1.165, 1.54) is 25.3 Å². The first kappa shape index (κ1) is 38.0. The van der Waals surface area contributed by atoms with Crippen LogP contribution in [-0.4, -0.2) is 89.5 Å². The number of anilines is 1. The summed E-state index contributed by atoms with van der Waals surface area (Å²) >= 11 is 0.635. The standard InChI is InChI=1S/C34H45F3N6O5S/c1-4-28(44)39-27(31(45)43-17-15-42(2)16-18-43)20-22-11-13-26(25(35)19-22)40-33(47)49-30(23-9-7-5-6-8-10-23)41-32(46)34(36,37)24-12-14-29(48-3)38-21-24/h11-14,19,21,23,27,30H,4-10,15-18,20H2,1-3H3,(H,39,44)(H,40,47)(H,41,46)/t27-,30-/m1/s1. The van der Waals surface area contributed by atoms with Crippen molar-refractivity contribution >= 4 is 40.4 Å². The van der Waals surface area contributed by atoms with E-state index in [0.717, 1.165) is 37.9 Å². The number of piperazine rings is 1. The number of alkyl halides is 2. The Hall–Kier alpha value is -3.85. The maximum Gasteiger partial charge on any atom is 0.351 e. The normalized spacial score (nSPS) is 17.4. The minimum Gasteiger partial charge on any atom is -0.481 e. The summed E-state index contributed by atoms with van der Waals surface area (Å²) in [5.41, 5.74) is -0.337. The predicted octanol–water partition coefficient (Wildman–Crippen LogP) is 4.91. The first-order valence-corrected chi connectivity index (χ1v) is 17.5. The number of halogens is 3. The molecule has 15 heteroatoms. The summed E-state index contributed by atoms with van der Waals surface area (Å²) in [6.45, 7) is 4.12. The van der Waals surface area contributed by atoms with Gasteiger partial charge in [-0.2, -0.15) is 8.78 Å². The number of hydrogen-bond acceptors (Lipinski definition) is 8. The average Bonchev–Trinajstić information content (AvgIpc) is 3.38. The molecule has 4 amide bonds. The number of carbonyl (C=O) groups excluding carboxylic acids is 4. The lowest BCUT2D eigenvalue weighted by Gasteiger charge is -2.34. The van der Waals surface area contributed by atoms with E-state index in [1.54, 1.807) is 17.9 Å². The smallest absolute Gasteiger partial charge is 0.351 e. The Morgan fingerprint density at radius 2 is 1.71 bits per heavy atom. The van der Waals surface area contributed by atoms with Crippen molar-refractivity contribution in [3.05, 3.63) is 53.5 Å². The molecule has 11 nitrogen and oxygen atoms in total. The third kappa shape index (κ3) is 10.6. The van der Waals surface area contributed by atoms with Crippen LogP contribution in [0.15, 0.2) is 36.5 Å². The van der Waals surface area contributed by atoms with Gasteiger partial charge in [0.2, 0.25) is 17.7 Å². The summed E-state index contributed by atoms with van der Waals surface area (Å²) in [6, 6.07) is 5.50. The molecule has 0 radical (unpaired) electrons. The van der Waals surface area contributed by atoms with E-state index in [1.807, 2.05) is 7.05 Å². The molecule has 3 N–H and O–H groups in total. The lowest BCUT2D eigenvalue weighted by Crippen LogP contribution is -2.54. The first-order chi connectivity index (χ1) is 23.4. The largest absolute Gasteiger partial charge is 0.481 e. The van der Waals surface area contributed by atoms with Crippen LogP contribution in [0.2, 0.25) is 0 Å². The molecule has 1 aliphatic carbocycles. The number of nitrogens with one attached hydrogen (secondary N) is 3. The Balaban J connectivity index is 1.45. The molecule has 0 unspecified atom stereocenters. The molecule has 1 aromatic carbocycles. The Bertz CT molecular complexity index is 1450. The van der Waals surface area contributed by atoms with Crippen LogP contribution < -0.4 is 20.7 Å². The topological polar surface area (TPSA) is 133 Å². The van der Waals surface area contributed by atoms with Crippen LogP contribution in [0.5, 0.6) is 5.88 Å². The molecular formula is C34H45F3N6O5S. The molecule has 2 aromatic rings. The molecule has 2 aliphatic rings. The van der Waals surface area contributed by atoms with Gasteiger partial charge in [-0.1, -0.05) is 38.7 Å². The third-order valence-electron chi connectivity index (χ3n) is 8.91. The van der Waals surface area contributed by atoms with Crippen molar-refractivity contribution in [1.29, 1.82) is 0 Å². The first-order valence-electron chi connectivity index (χ1n) is 16.6.